The van der Waals surface area contributed by atoms with Crippen molar-refractivity contribution in [1.82, 2.24) is 5.32 Å². The zero-order valence-corrected chi connectivity index (χ0v) is 17.1. The van der Waals surface area contributed by atoms with Crippen molar-refractivity contribution in [3.05, 3.63) is 76.9 Å². The number of hydrogen-bond acceptors (Lipinski definition) is 3. The molecule has 10 heteroatoms. The van der Waals surface area contributed by atoms with Crippen LogP contribution in [0.2, 0.25) is 0 Å². The topological polar surface area (TPSA) is 98.7 Å². The van der Waals surface area contributed by atoms with E-state index in [0.717, 1.165) is 12.1 Å². The number of carbonyl (C=O) groups excluding carboxylic acids is 1. The largest absolute Gasteiger partial charge is 0.416 e. The molecule has 164 valence electrons. The number of benzene rings is 3. The number of halogens is 3. The first-order valence-corrected chi connectivity index (χ1v) is 10.2. The van der Waals surface area contributed by atoms with E-state index in [-0.39, 0.29) is 12.2 Å². The fourth-order valence-electron chi connectivity index (χ4n) is 3.13. The first kappa shape index (κ1) is 22.7. The van der Waals surface area contributed by atoms with Crippen molar-refractivity contribution in [1.29, 1.82) is 0 Å². The van der Waals surface area contributed by atoms with Gasteiger partial charge in [0.05, 0.1) is 23.9 Å². The first-order valence-electron chi connectivity index (χ1n) is 9.11. The summed E-state index contributed by atoms with van der Waals surface area (Å²) in [5.41, 5.74) is 0.858. The number of aliphatic hydroxyl groups excluding tert-OH is 1. The average Bonchev–Trinajstić information content (AvgIpc) is 2.72. The second kappa shape index (κ2) is 9.04. The number of alkyl halides is 3. The maximum absolute atomic E-state index is 12.9. The lowest BCUT2D eigenvalue weighted by molar-refractivity contribution is -0.137. The molecule has 0 aromatic heterocycles. The number of amides is 1. The van der Waals surface area contributed by atoms with E-state index in [9.17, 15) is 27.3 Å². The molecular formula is C21H19F3N2O4S. The third-order valence-electron chi connectivity index (χ3n) is 4.77. The molecule has 0 aliphatic carbocycles. The van der Waals surface area contributed by atoms with Crippen molar-refractivity contribution in [2.45, 2.75) is 25.7 Å². The summed E-state index contributed by atoms with van der Waals surface area (Å²) in [5.74, 6) is -0.418. The highest BCUT2D eigenvalue weighted by molar-refractivity contribution is 7.80. The standard InChI is InChI=1S/C21H19F3N2O4S/c1-12(13-5-7-19(26-31(29)30)17(8-13)11-27)25-20(28)16-3-2-15-10-18(21(22,23)24)6-4-14(15)9-16/h2-10,12,26-27H,11H2,1H3,(H,25,28)(H,29,30)/t12-/m1/s1. The SMILES string of the molecule is C[C@@H](NC(=O)c1ccc2cc(C(F)(F)F)ccc2c1)c1ccc(NS(=O)O)c(CO)c1. The molecule has 0 radical (unpaired) electrons. The van der Waals surface area contributed by atoms with Gasteiger partial charge >= 0.3 is 6.18 Å². The van der Waals surface area contributed by atoms with Gasteiger partial charge in [0.2, 0.25) is 0 Å². The molecule has 3 aromatic carbocycles. The minimum atomic E-state index is -4.44. The Morgan fingerprint density at radius 2 is 1.74 bits per heavy atom. The van der Waals surface area contributed by atoms with E-state index in [2.05, 4.69) is 10.0 Å². The normalized spacial score (nSPS) is 13.6. The maximum Gasteiger partial charge on any atom is 0.416 e. The van der Waals surface area contributed by atoms with Gasteiger partial charge in [-0.3, -0.25) is 14.1 Å². The van der Waals surface area contributed by atoms with Crippen molar-refractivity contribution in [2.75, 3.05) is 4.72 Å². The van der Waals surface area contributed by atoms with Gasteiger partial charge in [-0.05, 0) is 59.7 Å². The summed E-state index contributed by atoms with van der Waals surface area (Å²) in [6.07, 6.45) is -4.44. The molecule has 6 nitrogen and oxygen atoms in total. The molecule has 0 fully saturated rings. The molecule has 2 atom stereocenters. The van der Waals surface area contributed by atoms with E-state index in [4.69, 9.17) is 4.55 Å². The minimum absolute atomic E-state index is 0.287. The fraction of sp³-hybridized carbons (Fsp3) is 0.190. The molecule has 0 heterocycles. The van der Waals surface area contributed by atoms with Gasteiger partial charge in [0, 0.05) is 11.1 Å². The minimum Gasteiger partial charge on any atom is -0.392 e. The molecule has 31 heavy (non-hydrogen) atoms. The van der Waals surface area contributed by atoms with Crippen molar-refractivity contribution in [3.63, 3.8) is 0 Å². The van der Waals surface area contributed by atoms with Crippen LogP contribution in [0.4, 0.5) is 18.9 Å². The van der Waals surface area contributed by atoms with E-state index in [1.54, 1.807) is 19.1 Å². The lowest BCUT2D eigenvalue weighted by Crippen LogP contribution is -2.26. The quantitative estimate of drug-likeness (QED) is 0.417. The highest BCUT2D eigenvalue weighted by atomic mass is 32.2. The van der Waals surface area contributed by atoms with Crippen molar-refractivity contribution < 1.29 is 31.8 Å². The van der Waals surface area contributed by atoms with Gasteiger partial charge in [-0.2, -0.15) is 13.2 Å². The molecule has 4 N–H and O–H groups in total. The molecule has 3 aromatic rings. The highest BCUT2D eigenvalue weighted by Crippen LogP contribution is 2.31. The van der Waals surface area contributed by atoms with E-state index in [0.29, 0.717) is 27.6 Å². The van der Waals surface area contributed by atoms with Gasteiger partial charge in [-0.15, -0.1) is 0 Å². The number of hydrogen-bond donors (Lipinski definition) is 4. The Morgan fingerprint density at radius 3 is 2.39 bits per heavy atom. The van der Waals surface area contributed by atoms with Crippen molar-refractivity contribution in [3.8, 4) is 0 Å². The molecule has 0 saturated carbocycles. The van der Waals surface area contributed by atoms with Crippen LogP contribution in [0.1, 0.15) is 40.0 Å². The van der Waals surface area contributed by atoms with Gasteiger partial charge in [-0.25, -0.2) is 4.21 Å². The van der Waals surface area contributed by atoms with E-state index in [1.807, 2.05) is 0 Å². The molecule has 3 rings (SSSR count). The van der Waals surface area contributed by atoms with Gasteiger partial charge in [0.1, 0.15) is 0 Å². The van der Waals surface area contributed by atoms with Crippen LogP contribution in [0.5, 0.6) is 0 Å². The fourth-order valence-corrected chi connectivity index (χ4v) is 3.52. The summed E-state index contributed by atoms with van der Waals surface area (Å²) < 4.78 is 60.7. The van der Waals surface area contributed by atoms with Gasteiger partial charge < -0.3 is 10.4 Å². The number of carbonyl (C=O) groups is 1. The third-order valence-corrected chi connectivity index (χ3v) is 5.17. The number of fused-ring (bicyclic) bond motifs is 1. The van der Waals surface area contributed by atoms with E-state index in [1.165, 1.54) is 30.3 Å². The van der Waals surface area contributed by atoms with Crippen LogP contribution < -0.4 is 10.0 Å². The van der Waals surface area contributed by atoms with E-state index < -0.39 is 35.0 Å². The van der Waals surface area contributed by atoms with Gasteiger partial charge in [0.25, 0.3) is 17.2 Å². The Balaban J connectivity index is 1.79. The molecule has 1 amide bonds. The Hall–Kier alpha value is -2.95. The first-order chi connectivity index (χ1) is 14.6. The summed E-state index contributed by atoms with van der Waals surface area (Å²) in [7, 11) is 0. The van der Waals surface area contributed by atoms with Gasteiger partial charge in [0.15, 0.2) is 0 Å². The number of anilines is 1. The van der Waals surface area contributed by atoms with Crippen LogP contribution in [0.3, 0.4) is 0 Å². The smallest absolute Gasteiger partial charge is 0.392 e. The van der Waals surface area contributed by atoms with Gasteiger partial charge in [-0.1, -0.05) is 18.2 Å². The Bertz CT molecular complexity index is 1150. The monoisotopic (exact) mass is 452 g/mol. The molecule has 0 bridgehead atoms. The van der Waals surface area contributed by atoms with Crippen LogP contribution >= 0.6 is 0 Å². The second-order valence-corrected chi connectivity index (χ2v) is 7.60. The summed E-state index contributed by atoms with van der Waals surface area (Å²) in [6, 6.07) is 12.0. The lowest BCUT2D eigenvalue weighted by Gasteiger charge is -2.17. The zero-order valence-electron chi connectivity index (χ0n) is 16.2. The number of aliphatic hydroxyl groups is 1. The number of nitrogens with one attached hydrogen (secondary N) is 2. The van der Waals surface area contributed by atoms with Crippen LogP contribution in [0.15, 0.2) is 54.6 Å². The maximum atomic E-state index is 12.9. The Kier molecular flexibility index (Phi) is 6.63. The van der Waals surface area contributed by atoms with Crippen LogP contribution in [0.25, 0.3) is 10.8 Å². The summed E-state index contributed by atoms with van der Waals surface area (Å²) in [4.78, 5) is 12.6. The van der Waals surface area contributed by atoms with Crippen LogP contribution in [-0.2, 0) is 24.0 Å². The molecule has 0 aliphatic heterocycles. The van der Waals surface area contributed by atoms with Crippen LogP contribution in [-0.4, -0.2) is 19.8 Å². The summed E-state index contributed by atoms with van der Waals surface area (Å²) in [5, 5.41) is 13.2. The van der Waals surface area contributed by atoms with Crippen LogP contribution in [0, 0.1) is 0 Å². The Morgan fingerprint density at radius 1 is 1.06 bits per heavy atom. The molecule has 0 saturated heterocycles. The highest BCUT2D eigenvalue weighted by Gasteiger charge is 2.30. The van der Waals surface area contributed by atoms with Crippen molar-refractivity contribution >= 4 is 33.6 Å². The summed E-state index contributed by atoms with van der Waals surface area (Å²) in [6.45, 7) is 1.35. The average molecular weight is 452 g/mol. The molecule has 1 unspecified atom stereocenters. The summed E-state index contributed by atoms with van der Waals surface area (Å²) >= 11 is -2.29. The molecule has 0 aliphatic rings. The van der Waals surface area contributed by atoms with Crippen molar-refractivity contribution in [2.24, 2.45) is 0 Å². The predicted octanol–water partition coefficient (Wildman–Crippen LogP) is 4.39. The second-order valence-electron chi connectivity index (χ2n) is 6.90. The zero-order chi connectivity index (χ0) is 22.8. The van der Waals surface area contributed by atoms with E-state index >= 15 is 0 Å². The Labute approximate surface area is 178 Å². The lowest BCUT2D eigenvalue weighted by atomic mass is 10.0. The predicted molar refractivity (Wildman–Crippen MR) is 112 cm³/mol. The number of rotatable bonds is 6. The molecule has 0 spiro atoms. The molecular weight excluding hydrogens is 433 g/mol. The third kappa shape index (κ3) is 5.40.